The molecule has 0 aliphatic heterocycles. The average Bonchev–Trinajstić information content (AvgIpc) is 2.29. The number of carbonyl (C=O) groups is 2. The molecule has 0 bridgehead atoms. The Morgan fingerprint density at radius 2 is 1.95 bits per heavy atom. The lowest BCUT2D eigenvalue weighted by atomic mass is 9.78. The molecule has 0 aromatic heterocycles. The molecule has 106 valence electrons. The Kier molecular flexibility index (Phi) is 4.05. The molecule has 0 saturated heterocycles. The maximum Gasteiger partial charge on any atom is 0.334 e. The van der Waals surface area contributed by atoms with Gasteiger partial charge in [-0.15, -0.1) is 0 Å². The highest BCUT2D eigenvalue weighted by Crippen LogP contribution is 2.30. The van der Waals surface area contributed by atoms with Crippen molar-refractivity contribution >= 4 is 11.9 Å². The molecule has 0 heterocycles. The van der Waals surface area contributed by atoms with Gasteiger partial charge in [0.25, 0.3) is 0 Å². The molecule has 2 atom stereocenters. The average molecular weight is 268 g/mol. The number of rotatable bonds is 2. The van der Waals surface area contributed by atoms with Crippen molar-refractivity contribution in [3.63, 3.8) is 0 Å². The minimum atomic E-state index is -1.74. The zero-order valence-electron chi connectivity index (χ0n) is 11.6. The van der Waals surface area contributed by atoms with Gasteiger partial charge in [0.2, 0.25) is 0 Å². The summed E-state index contributed by atoms with van der Waals surface area (Å²) in [6, 6.07) is 0. The third-order valence-electron chi connectivity index (χ3n) is 2.74. The predicted octanol–water partition coefficient (Wildman–Crippen LogP) is 0.227. The van der Waals surface area contributed by atoms with Crippen LogP contribution in [0.25, 0.3) is 0 Å². The first-order chi connectivity index (χ1) is 8.63. The predicted molar refractivity (Wildman–Crippen MR) is 69.7 cm³/mol. The van der Waals surface area contributed by atoms with E-state index in [1.165, 1.54) is 19.3 Å². The van der Waals surface area contributed by atoms with Crippen molar-refractivity contribution in [1.29, 1.82) is 0 Å². The van der Waals surface area contributed by atoms with Crippen LogP contribution in [0.4, 0.5) is 0 Å². The van der Waals surface area contributed by atoms with Crippen molar-refractivity contribution in [1.82, 2.24) is 0 Å². The summed E-state index contributed by atoms with van der Waals surface area (Å²) in [5.74, 6) is -2.40. The zero-order chi connectivity index (χ0) is 14.8. The van der Waals surface area contributed by atoms with Gasteiger partial charge in [0.05, 0.1) is 7.11 Å². The van der Waals surface area contributed by atoms with Gasteiger partial charge in [-0.3, -0.25) is 4.79 Å². The third-order valence-corrected chi connectivity index (χ3v) is 2.74. The zero-order valence-corrected chi connectivity index (χ0v) is 11.6. The molecule has 0 aromatic carbocycles. The summed E-state index contributed by atoms with van der Waals surface area (Å²) < 4.78 is 9.90. The Morgan fingerprint density at radius 1 is 1.37 bits per heavy atom. The normalized spacial score (nSPS) is 26.6. The number of allylic oxidation sites excluding steroid dienone is 2. The van der Waals surface area contributed by atoms with Crippen LogP contribution < -0.4 is 11.5 Å². The number of carbonyl (C=O) groups excluding carboxylic acids is 2. The number of ether oxygens (including phenoxy) is 2. The minimum absolute atomic E-state index is 0.0691. The molecular formula is C13H20N2O4. The van der Waals surface area contributed by atoms with Crippen molar-refractivity contribution in [2.75, 3.05) is 7.11 Å². The minimum Gasteiger partial charge on any atom is -0.468 e. The van der Waals surface area contributed by atoms with Crippen molar-refractivity contribution in [3.8, 4) is 0 Å². The Balaban J connectivity index is 3.15. The lowest BCUT2D eigenvalue weighted by molar-refractivity contribution is -0.166. The van der Waals surface area contributed by atoms with Crippen LogP contribution in [0.5, 0.6) is 0 Å². The first-order valence-corrected chi connectivity index (χ1v) is 5.87. The smallest absolute Gasteiger partial charge is 0.334 e. The summed E-state index contributed by atoms with van der Waals surface area (Å²) >= 11 is 0. The van der Waals surface area contributed by atoms with Crippen molar-refractivity contribution in [2.45, 2.75) is 31.9 Å². The lowest BCUT2D eigenvalue weighted by Gasteiger charge is -2.36. The molecule has 2 unspecified atom stereocenters. The van der Waals surface area contributed by atoms with Gasteiger partial charge in [0.1, 0.15) is 11.5 Å². The van der Waals surface area contributed by atoms with E-state index >= 15 is 0 Å². The lowest BCUT2D eigenvalue weighted by Crippen LogP contribution is -2.61. The van der Waals surface area contributed by atoms with E-state index in [9.17, 15) is 9.59 Å². The Hall–Kier alpha value is -1.82. The quantitative estimate of drug-likeness (QED) is 0.694. The first-order valence-electron chi connectivity index (χ1n) is 5.87. The fourth-order valence-electron chi connectivity index (χ4n) is 1.74. The highest BCUT2D eigenvalue weighted by atomic mass is 16.6. The fourth-order valence-corrected chi connectivity index (χ4v) is 1.74. The summed E-state index contributed by atoms with van der Waals surface area (Å²) in [7, 11) is 1.22. The summed E-state index contributed by atoms with van der Waals surface area (Å²) in [5, 5.41) is 0. The molecule has 0 spiro atoms. The van der Waals surface area contributed by atoms with Gasteiger partial charge >= 0.3 is 11.9 Å². The summed E-state index contributed by atoms with van der Waals surface area (Å²) in [4.78, 5) is 24.0. The van der Waals surface area contributed by atoms with E-state index < -0.39 is 29.0 Å². The number of nitrogens with two attached hydrogens (primary N) is 2. The monoisotopic (exact) mass is 268 g/mol. The van der Waals surface area contributed by atoms with Gasteiger partial charge in [0.15, 0.2) is 5.54 Å². The van der Waals surface area contributed by atoms with Gasteiger partial charge in [-0.1, -0.05) is 12.2 Å². The molecule has 0 radical (unpaired) electrons. The summed E-state index contributed by atoms with van der Waals surface area (Å²) in [6.45, 7) is 5.12. The van der Waals surface area contributed by atoms with E-state index in [-0.39, 0.29) is 5.70 Å². The maximum absolute atomic E-state index is 12.3. The molecule has 1 aliphatic carbocycles. The molecule has 1 rings (SSSR count). The molecule has 6 heteroatoms. The van der Waals surface area contributed by atoms with Gasteiger partial charge in [-0.25, -0.2) is 4.79 Å². The van der Waals surface area contributed by atoms with Crippen LogP contribution in [0.15, 0.2) is 23.9 Å². The number of hydrogen-bond donors (Lipinski definition) is 2. The topological polar surface area (TPSA) is 105 Å². The van der Waals surface area contributed by atoms with Crippen LogP contribution in [-0.4, -0.2) is 30.2 Å². The second-order valence-electron chi connectivity index (χ2n) is 5.38. The molecule has 0 amide bonds. The van der Waals surface area contributed by atoms with Gasteiger partial charge in [0, 0.05) is 5.70 Å². The van der Waals surface area contributed by atoms with E-state index in [4.69, 9.17) is 16.2 Å². The fraction of sp³-hybridized carbons (Fsp3) is 0.538. The van der Waals surface area contributed by atoms with Gasteiger partial charge in [-0.2, -0.15) is 0 Å². The van der Waals surface area contributed by atoms with Crippen LogP contribution >= 0.6 is 0 Å². The van der Waals surface area contributed by atoms with Crippen LogP contribution in [0.2, 0.25) is 0 Å². The number of methoxy groups -OCH3 is 1. The van der Waals surface area contributed by atoms with Crippen molar-refractivity contribution < 1.29 is 19.1 Å². The van der Waals surface area contributed by atoms with Crippen molar-refractivity contribution in [2.24, 2.45) is 17.4 Å². The maximum atomic E-state index is 12.3. The summed E-state index contributed by atoms with van der Waals surface area (Å²) in [6.07, 6.45) is 4.52. The van der Waals surface area contributed by atoms with E-state index in [1.54, 1.807) is 26.8 Å². The number of hydrogen-bond acceptors (Lipinski definition) is 6. The second kappa shape index (κ2) is 5.05. The van der Waals surface area contributed by atoms with E-state index in [1.807, 2.05) is 0 Å². The van der Waals surface area contributed by atoms with Gasteiger partial charge < -0.3 is 20.9 Å². The van der Waals surface area contributed by atoms with Crippen LogP contribution in [0, 0.1) is 5.92 Å². The Bertz CT molecular complexity index is 448. The second-order valence-corrected chi connectivity index (χ2v) is 5.38. The molecule has 19 heavy (non-hydrogen) atoms. The molecule has 0 aromatic rings. The van der Waals surface area contributed by atoms with E-state index in [0.717, 1.165) is 0 Å². The largest absolute Gasteiger partial charge is 0.468 e. The molecule has 1 aliphatic rings. The van der Waals surface area contributed by atoms with Gasteiger partial charge in [-0.05, 0) is 26.8 Å². The molecule has 0 saturated carbocycles. The standard InChI is InChI=1S/C13H20N2O4/c1-12(2,3)19-11(17)13(15)8(10(16)18-4)6-5-7-9(13)14/h5-8H,14-15H2,1-4H3. The molecule has 0 fully saturated rings. The van der Waals surface area contributed by atoms with Crippen molar-refractivity contribution in [3.05, 3.63) is 23.9 Å². The van der Waals surface area contributed by atoms with Crippen LogP contribution in [-0.2, 0) is 19.1 Å². The molecular weight excluding hydrogens is 248 g/mol. The third kappa shape index (κ3) is 2.96. The first kappa shape index (κ1) is 15.2. The number of esters is 2. The Morgan fingerprint density at radius 3 is 2.42 bits per heavy atom. The van der Waals surface area contributed by atoms with Crippen LogP contribution in [0.1, 0.15) is 20.8 Å². The SMILES string of the molecule is COC(=O)C1C=CC=C(N)C1(N)C(=O)OC(C)(C)C. The van der Waals surface area contributed by atoms with E-state index in [2.05, 4.69) is 4.74 Å². The molecule has 4 N–H and O–H groups in total. The van der Waals surface area contributed by atoms with Crippen LogP contribution in [0.3, 0.4) is 0 Å². The Labute approximate surface area is 112 Å². The molecule has 6 nitrogen and oxygen atoms in total. The summed E-state index contributed by atoms with van der Waals surface area (Å²) in [5.41, 5.74) is 9.44. The highest BCUT2D eigenvalue weighted by Gasteiger charge is 2.51. The highest BCUT2D eigenvalue weighted by molar-refractivity contribution is 5.93. The van der Waals surface area contributed by atoms with E-state index in [0.29, 0.717) is 0 Å².